The summed E-state index contributed by atoms with van der Waals surface area (Å²) in [6.45, 7) is 1.68. The number of hydrogen-bond acceptors (Lipinski definition) is 8. The molecule has 5 rings (SSSR count). The molecule has 190 valence electrons. The molecule has 0 spiro atoms. The minimum absolute atomic E-state index is 0.0591. The van der Waals surface area contributed by atoms with Crippen molar-refractivity contribution in [3.63, 3.8) is 0 Å². The van der Waals surface area contributed by atoms with Crippen LogP contribution in [0.15, 0.2) is 54.9 Å². The van der Waals surface area contributed by atoms with Gasteiger partial charge in [-0.25, -0.2) is 14.6 Å². The Kier molecular flexibility index (Phi) is 6.71. The molecule has 0 saturated carbocycles. The van der Waals surface area contributed by atoms with E-state index in [1.165, 1.54) is 6.33 Å². The maximum Gasteiger partial charge on any atom is 0.274 e. The predicted molar refractivity (Wildman–Crippen MR) is 143 cm³/mol. The van der Waals surface area contributed by atoms with Crippen molar-refractivity contribution in [2.24, 2.45) is 0 Å². The number of H-pyrrole nitrogens is 1. The highest BCUT2D eigenvalue weighted by molar-refractivity contribution is 6.08. The van der Waals surface area contributed by atoms with Gasteiger partial charge in [-0.1, -0.05) is 24.3 Å². The molecular formula is C26H28N8O3. The molecule has 0 aliphatic carbocycles. The van der Waals surface area contributed by atoms with Crippen molar-refractivity contribution in [1.82, 2.24) is 30.0 Å². The average molecular weight is 501 g/mol. The summed E-state index contributed by atoms with van der Waals surface area (Å²) in [5.41, 5.74) is 10.2. The number of amides is 1. The van der Waals surface area contributed by atoms with E-state index in [4.69, 9.17) is 20.7 Å². The summed E-state index contributed by atoms with van der Waals surface area (Å²) in [6.07, 6.45) is 1.41. The van der Waals surface area contributed by atoms with Crippen LogP contribution in [0.25, 0.3) is 33.2 Å². The van der Waals surface area contributed by atoms with Gasteiger partial charge in [0.2, 0.25) is 0 Å². The van der Waals surface area contributed by atoms with Gasteiger partial charge in [0, 0.05) is 36.6 Å². The Morgan fingerprint density at radius 1 is 1.19 bits per heavy atom. The normalized spacial score (nSPS) is 11.3. The molecule has 3 aromatic heterocycles. The summed E-state index contributed by atoms with van der Waals surface area (Å²) in [6, 6.07) is 15.1. The van der Waals surface area contributed by atoms with Gasteiger partial charge in [-0.2, -0.15) is 5.10 Å². The second kappa shape index (κ2) is 10.2. The number of carbonyl (C=O) groups excluding carboxylic acids is 1. The third kappa shape index (κ3) is 4.57. The van der Waals surface area contributed by atoms with Gasteiger partial charge < -0.3 is 30.8 Å². The number of anilines is 2. The highest BCUT2D eigenvalue weighted by Gasteiger charge is 2.22. The number of para-hydroxylation sites is 1. The summed E-state index contributed by atoms with van der Waals surface area (Å²) >= 11 is 0. The molecule has 0 fully saturated rings. The Morgan fingerprint density at radius 2 is 2.03 bits per heavy atom. The highest BCUT2D eigenvalue weighted by atomic mass is 16.5. The summed E-state index contributed by atoms with van der Waals surface area (Å²) in [5, 5.41) is 18.5. The molecule has 2 aromatic carbocycles. The number of ether oxygens (including phenoxy) is 1. The van der Waals surface area contributed by atoms with Crippen molar-refractivity contribution < 1.29 is 14.6 Å². The Hall–Kier alpha value is -4.48. The van der Waals surface area contributed by atoms with Crippen LogP contribution in [0.5, 0.6) is 5.75 Å². The number of aliphatic hydroxyl groups is 1. The van der Waals surface area contributed by atoms with Crippen molar-refractivity contribution >= 4 is 39.3 Å². The van der Waals surface area contributed by atoms with Crippen molar-refractivity contribution in [2.75, 3.05) is 44.5 Å². The zero-order valence-electron chi connectivity index (χ0n) is 20.6. The molecule has 0 unspecified atom stereocenters. The molecule has 0 atom stereocenters. The monoisotopic (exact) mass is 500 g/mol. The number of nitrogen functional groups attached to an aromatic ring is 1. The second-order valence-electron chi connectivity index (χ2n) is 8.52. The van der Waals surface area contributed by atoms with E-state index in [2.05, 4.69) is 20.3 Å². The molecule has 11 nitrogen and oxygen atoms in total. The third-order valence-electron chi connectivity index (χ3n) is 6.23. The summed E-state index contributed by atoms with van der Waals surface area (Å²) in [5.74, 6) is 0.640. The van der Waals surface area contributed by atoms with Crippen LogP contribution in [0, 0.1) is 0 Å². The molecule has 5 aromatic rings. The molecule has 11 heteroatoms. The quantitative estimate of drug-likeness (QED) is 0.226. The lowest BCUT2D eigenvalue weighted by molar-refractivity contribution is 0.0988. The van der Waals surface area contributed by atoms with E-state index in [0.717, 1.165) is 16.5 Å². The number of aromatic amines is 1. The van der Waals surface area contributed by atoms with E-state index < -0.39 is 0 Å². The van der Waals surface area contributed by atoms with Gasteiger partial charge >= 0.3 is 0 Å². The fourth-order valence-corrected chi connectivity index (χ4v) is 4.36. The largest absolute Gasteiger partial charge is 0.495 e. The Balaban J connectivity index is 1.49. The number of nitrogens with zero attached hydrogens (tertiary/aromatic N) is 5. The first kappa shape index (κ1) is 24.2. The topological polar surface area (TPSA) is 147 Å². The first-order valence-electron chi connectivity index (χ1n) is 11.8. The van der Waals surface area contributed by atoms with Crippen LogP contribution >= 0.6 is 0 Å². The van der Waals surface area contributed by atoms with E-state index in [-0.39, 0.29) is 12.5 Å². The fourth-order valence-electron chi connectivity index (χ4n) is 4.36. The zero-order valence-corrected chi connectivity index (χ0v) is 20.6. The van der Waals surface area contributed by atoms with E-state index in [1.54, 1.807) is 23.7 Å². The van der Waals surface area contributed by atoms with Crippen LogP contribution in [0.2, 0.25) is 0 Å². The summed E-state index contributed by atoms with van der Waals surface area (Å²) < 4.78 is 7.44. The van der Waals surface area contributed by atoms with E-state index >= 15 is 0 Å². The second-order valence-corrected chi connectivity index (χ2v) is 8.52. The molecule has 0 aliphatic heterocycles. The first-order chi connectivity index (χ1) is 18.0. The lowest BCUT2D eigenvalue weighted by Gasteiger charge is -2.20. The minimum atomic E-state index is -0.190. The number of nitrogens with two attached hydrogens (primary N) is 1. The number of aliphatic hydroxyl groups excluding tert-OH is 1. The molecule has 3 heterocycles. The summed E-state index contributed by atoms with van der Waals surface area (Å²) in [4.78, 5) is 26.6. The van der Waals surface area contributed by atoms with Crippen LogP contribution in [-0.4, -0.2) is 69.6 Å². The van der Waals surface area contributed by atoms with E-state index in [1.807, 2.05) is 48.5 Å². The lowest BCUT2D eigenvalue weighted by Crippen LogP contribution is -2.27. The number of aromatic nitrogens is 5. The van der Waals surface area contributed by atoms with Crippen molar-refractivity contribution in [2.45, 2.75) is 6.54 Å². The van der Waals surface area contributed by atoms with Gasteiger partial charge in [0.25, 0.3) is 5.91 Å². The van der Waals surface area contributed by atoms with Crippen LogP contribution < -0.4 is 20.7 Å². The molecule has 0 aliphatic rings. The first-order valence-corrected chi connectivity index (χ1v) is 11.8. The number of methoxy groups -OCH3 is 1. The predicted octanol–water partition coefficient (Wildman–Crippen LogP) is 2.42. The van der Waals surface area contributed by atoms with Gasteiger partial charge in [0.1, 0.15) is 29.3 Å². The number of hydrogen-bond donors (Lipinski definition) is 4. The van der Waals surface area contributed by atoms with Gasteiger partial charge in [-0.15, -0.1) is 0 Å². The Morgan fingerprint density at radius 3 is 2.81 bits per heavy atom. The standard InChI is InChI=1S/C26H28N8O3/c1-33(26(36)19-13-16-5-3-4-6-18(16)31-19)20-8-7-17(14-21(20)37-2)23-22-24(27)29-15-30-25(22)34(32-23)11-9-28-10-12-35/h3-8,13-15,28,31,35H,9-12H2,1-2H3,(H2,27,29,30). The minimum Gasteiger partial charge on any atom is -0.495 e. The van der Waals surface area contributed by atoms with Crippen LogP contribution in [0.1, 0.15) is 10.5 Å². The molecule has 0 radical (unpaired) electrons. The fraction of sp³-hybridized carbons (Fsp3) is 0.231. The number of nitrogens with one attached hydrogen (secondary N) is 2. The van der Waals surface area contributed by atoms with Gasteiger partial charge in [-0.05, 0) is 24.3 Å². The maximum atomic E-state index is 13.3. The Bertz CT molecular complexity index is 1540. The van der Waals surface area contributed by atoms with E-state index in [9.17, 15) is 4.79 Å². The van der Waals surface area contributed by atoms with Gasteiger partial charge in [-0.3, -0.25) is 4.79 Å². The third-order valence-corrected chi connectivity index (χ3v) is 6.23. The zero-order chi connectivity index (χ0) is 25.9. The number of carbonyl (C=O) groups is 1. The maximum absolute atomic E-state index is 13.3. The lowest BCUT2D eigenvalue weighted by atomic mass is 10.1. The van der Waals surface area contributed by atoms with Crippen LogP contribution in [0.3, 0.4) is 0 Å². The van der Waals surface area contributed by atoms with Crippen LogP contribution in [0.4, 0.5) is 11.5 Å². The van der Waals surface area contributed by atoms with Crippen molar-refractivity contribution in [3.05, 3.63) is 60.6 Å². The van der Waals surface area contributed by atoms with Crippen molar-refractivity contribution in [1.29, 1.82) is 0 Å². The smallest absolute Gasteiger partial charge is 0.274 e. The number of benzene rings is 2. The molecular weight excluding hydrogens is 472 g/mol. The molecule has 0 saturated heterocycles. The summed E-state index contributed by atoms with van der Waals surface area (Å²) in [7, 11) is 3.27. The van der Waals surface area contributed by atoms with Crippen LogP contribution in [-0.2, 0) is 6.54 Å². The van der Waals surface area contributed by atoms with Gasteiger partial charge in [0.05, 0.1) is 31.3 Å². The average Bonchev–Trinajstić information content (AvgIpc) is 3.52. The SMILES string of the molecule is COc1cc(-c2nn(CCNCCO)c3ncnc(N)c23)ccc1N(C)C(=O)c1cc2ccccc2[nH]1. The molecule has 5 N–H and O–H groups in total. The molecule has 37 heavy (non-hydrogen) atoms. The number of rotatable bonds is 9. The molecule has 1 amide bonds. The Labute approximate surface area is 212 Å². The van der Waals surface area contributed by atoms with E-state index in [0.29, 0.717) is 59.3 Å². The highest BCUT2D eigenvalue weighted by Crippen LogP contribution is 2.36. The van der Waals surface area contributed by atoms with Gasteiger partial charge in [0.15, 0.2) is 5.65 Å². The number of fused-ring (bicyclic) bond motifs is 2. The molecule has 0 bridgehead atoms. The van der Waals surface area contributed by atoms with Crippen molar-refractivity contribution in [3.8, 4) is 17.0 Å².